The first-order valence-corrected chi connectivity index (χ1v) is 15.4. The fourth-order valence-corrected chi connectivity index (χ4v) is 5.86. The van der Waals surface area contributed by atoms with Gasteiger partial charge in [-0.2, -0.15) is 44.0 Å². The molecule has 0 saturated heterocycles. The third-order valence-corrected chi connectivity index (χ3v) is 8.53. The molecular formula is C21H14ClF2N5O10S3. The average molecular weight is 666 g/mol. The number of phenolic OH excluding ortho intramolecular Hbond substituents is 1. The number of halogens is 3. The Morgan fingerprint density at radius 2 is 1.45 bits per heavy atom. The first-order valence-electron chi connectivity index (χ1n) is 10.7. The van der Waals surface area contributed by atoms with E-state index in [-0.39, 0.29) is 22.0 Å². The molecule has 0 spiro atoms. The van der Waals surface area contributed by atoms with Gasteiger partial charge in [0.1, 0.15) is 26.2 Å². The number of azo groups is 1. The van der Waals surface area contributed by atoms with E-state index in [0.717, 1.165) is 19.1 Å². The van der Waals surface area contributed by atoms with Crippen LogP contribution in [0, 0.1) is 18.9 Å². The van der Waals surface area contributed by atoms with E-state index in [4.69, 9.17) is 11.6 Å². The zero-order valence-electron chi connectivity index (χ0n) is 20.3. The van der Waals surface area contributed by atoms with E-state index in [1.165, 1.54) is 12.1 Å². The summed E-state index contributed by atoms with van der Waals surface area (Å²) in [5.41, 5.74) is -2.12. The van der Waals surface area contributed by atoms with Gasteiger partial charge in [-0.1, -0.05) is 11.6 Å². The molecule has 4 rings (SSSR count). The highest BCUT2D eigenvalue weighted by Crippen LogP contribution is 2.43. The lowest BCUT2D eigenvalue weighted by Gasteiger charge is -2.12. The van der Waals surface area contributed by atoms with Crippen LogP contribution in [0.25, 0.3) is 10.8 Å². The molecule has 0 radical (unpaired) electrons. The summed E-state index contributed by atoms with van der Waals surface area (Å²) < 4.78 is 127. The van der Waals surface area contributed by atoms with Gasteiger partial charge in [0.15, 0.2) is 11.6 Å². The topological polar surface area (TPSA) is 246 Å². The first-order chi connectivity index (χ1) is 19.3. The fraction of sp³-hybridized carbons (Fsp3) is 0.0476. The van der Waals surface area contributed by atoms with Crippen molar-refractivity contribution in [3.05, 3.63) is 59.0 Å². The maximum atomic E-state index is 13.7. The summed E-state index contributed by atoms with van der Waals surface area (Å²) in [7, 11) is -15.2. The van der Waals surface area contributed by atoms with Crippen molar-refractivity contribution in [2.75, 3.05) is 5.32 Å². The molecule has 0 saturated carbocycles. The zero-order chi connectivity index (χ0) is 31.4. The zero-order valence-corrected chi connectivity index (χ0v) is 23.6. The van der Waals surface area contributed by atoms with Gasteiger partial charge in [-0.15, -0.1) is 10.2 Å². The number of hydrogen-bond donors (Lipinski definition) is 5. The summed E-state index contributed by atoms with van der Waals surface area (Å²) in [6.45, 7) is 1.10. The molecule has 0 bridgehead atoms. The normalized spacial score (nSPS) is 12.7. The van der Waals surface area contributed by atoms with Crippen molar-refractivity contribution < 1.29 is 52.8 Å². The quantitative estimate of drug-likeness (QED) is 0.0792. The summed E-state index contributed by atoms with van der Waals surface area (Å²) >= 11 is 5.73. The van der Waals surface area contributed by atoms with Crippen molar-refractivity contribution in [2.45, 2.75) is 21.6 Å². The summed E-state index contributed by atoms with van der Waals surface area (Å²) in [4.78, 5) is 3.24. The molecule has 0 unspecified atom stereocenters. The Bertz CT molecular complexity index is 2160. The standard InChI is InChI=1S/C21H14ClF2N5O10S3/c1-8-4-14(41(34,35)36)12(7-13(8)40(31,32)33)28-29-17-15(42(37,38)39)6-9-5-10(2-3-11(9)18(17)30)25-20-16(22)19(23)26-21(24)27-20/h2-7,30H,1H3,(H,25,26,27)(H,31,32,33)(H,34,35,36)(H,37,38,39). The lowest BCUT2D eigenvalue weighted by atomic mass is 10.1. The van der Waals surface area contributed by atoms with Crippen molar-refractivity contribution in [1.29, 1.82) is 0 Å². The first kappa shape index (κ1) is 31.0. The average Bonchev–Trinajstić information content (AvgIpc) is 2.84. The molecule has 5 N–H and O–H groups in total. The van der Waals surface area contributed by atoms with Crippen molar-refractivity contribution in [1.82, 2.24) is 9.97 Å². The Morgan fingerprint density at radius 1 is 0.833 bits per heavy atom. The van der Waals surface area contributed by atoms with Crippen molar-refractivity contribution >= 4 is 75.6 Å². The number of aryl methyl sites for hydroxylation is 1. The van der Waals surface area contributed by atoms with Gasteiger partial charge in [-0.05, 0) is 54.3 Å². The van der Waals surface area contributed by atoms with Crippen LogP contribution in [0.3, 0.4) is 0 Å². The van der Waals surface area contributed by atoms with Crippen LogP contribution >= 0.6 is 11.6 Å². The number of nitrogens with zero attached hydrogens (tertiary/aromatic N) is 4. The smallest absolute Gasteiger partial charge is 0.313 e. The number of phenols is 1. The van der Waals surface area contributed by atoms with Crippen LogP contribution < -0.4 is 5.32 Å². The molecule has 4 aromatic rings. The molecule has 0 aliphatic heterocycles. The molecule has 0 fully saturated rings. The second-order valence-electron chi connectivity index (χ2n) is 8.29. The minimum atomic E-state index is -5.20. The molecule has 0 atom stereocenters. The molecule has 42 heavy (non-hydrogen) atoms. The SMILES string of the molecule is Cc1cc(S(=O)(=O)O)c(N=Nc2c(S(=O)(=O)O)cc3cc(Nc4nc(F)nc(F)c4Cl)ccc3c2O)cc1S(=O)(=O)O. The van der Waals surface area contributed by atoms with Gasteiger partial charge in [-0.25, -0.2) is 0 Å². The maximum Gasteiger partial charge on any atom is 0.313 e. The highest BCUT2D eigenvalue weighted by atomic mass is 35.5. The molecule has 0 aliphatic rings. The number of rotatable bonds is 7. The second kappa shape index (κ2) is 10.7. The Labute approximate surface area is 239 Å². The van der Waals surface area contributed by atoms with Crippen LogP contribution in [-0.4, -0.2) is 54.0 Å². The van der Waals surface area contributed by atoms with Gasteiger partial charge < -0.3 is 10.4 Å². The lowest BCUT2D eigenvalue weighted by molar-refractivity contribution is 0.472. The number of aromatic nitrogens is 2. The van der Waals surface area contributed by atoms with Crippen molar-refractivity contribution in [3.8, 4) is 5.75 Å². The van der Waals surface area contributed by atoms with Gasteiger partial charge in [-0.3, -0.25) is 13.7 Å². The van der Waals surface area contributed by atoms with E-state index in [0.29, 0.717) is 12.1 Å². The van der Waals surface area contributed by atoms with E-state index in [2.05, 4.69) is 25.5 Å². The van der Waals surface area contributed by atoms with E-state index in [1.807, 2.05) is 0 Å². The van der Waals surface area contributed by atoms with Crippen LogP contribution in [0.1, 0.15) is 5.56 Å². The third kappa shape index (κ3) is 6.28. The minimum absolute atomic E-state index is 0.0205. The number of nitrogens with one attached hydrogen (secondary N) is 1. The summed E-state index contributed by atoms with van der Waals surface area (Å²) in [5.74, 6) is -2.80. The third-order valence-electron chi connectivity index (χ3n) is 5.45. The molecule has 0 amide bonds. The Kier molecular flexibility index (Phi) is 7.92. The highest BCUT2D eigenvalue weighted by Gasteiger charge is 2.25. The monoisotopic (exact) mass is 665 g/mol. The summed E-state index contributed by atoms with van der Waals surface area (Å²) in [5, 5.41) is 19.4. The molecule has 21 heteroatoms. The van der Waals surface area contributed by atoms with E-state index in [1.54, 1.807) is 0 Å². The van der Waals surface area contributed by atoms with Gasteiger partial charge in [0.05, 0.1) is 4.90 Å². The van der Waals surface area contributed by atoms with Crippen LogP contribution in [0.15, 0.2) is 61.3 Å². The van der Waals surface area contributed by atoms with Crippen molar-refractivity contribution in [3.63, 3.8) is 0 Å². The molecular weight excluding hydrogens is 652 g/mol. The number of hydrogen-bond acceptors (Lipinski definition) is 12. The molecule has 3 aromatic carbocycles. The predicted molar refractivity (Wildman–Crippen MR) is 141 cm³/mol. The summed E-state index contributed by atoms with van der Waals surface area (Å²) in [6, 6.07) is 5.53. The number of anilines is 2. The molecule has 1 heterocycles. The lowest BCUT2D eigenvalue weighted by Crippen LogP contribution is -2.05. The number of fused-ring (bicyclic) bond motifs is 1. The highest BCUT2D eigenvalue weighted by molar-refractivity contribution is 7.86. The van der Waals surface area contributed by atoms with Crippen LogP contribution in [0.2, 0.25) is 5.02 Å². The number of benzene rings is 3. The Morgan fingerprint density at radius 3 is 2.05 bits per heavy atom. The Balaban J connectivity index is 1.91. The van der Waals surface area contributed by atoms with E-state index in [9.17, 15) is 52.8 Å². The van der Waals surface area contributed by atoms with E-state index >= 15 is 0 Å². The van der Waals surface area contributed by atoms with Gasteiger partial charge in [0.25, 0.3) is 30.4 Å². The van der Waals surface area contributed by atoms with Crippen LogP contribution in [-0.2, 0) is 30.4 Å². The van der Waals surface area contributed by atoms with Crippen LogP contribution in [0.5, 0.6) is 5.75 Å². The maximum absolute atomic E-state index is 13.7. The molecule has 15 nitrogen and oxygen atoms in total. The summed E-state index contributed by atoms with van der Waals surface area (Å²) in [6.07, 6.45) is -1.45. The van der Waals surface area contributed by atoms with Gasteiger partial charge in [0, 0.05) is 11.1 Å². The Hall–Kier alpha value is -3.92. The van der Waals surface area contributed by atoms with Crippen LogP contribution in [0.4, 0.5) is 31.7 Å². The molecule has 0 aliphatic carbocycles. The minimum Gasteiger partial charge on any atom is -0.505 e. The fourth-order valence-electron chi connectivity index (χ4n) is 3.65. The second-order valence-corrected chi connectivity index (χ2v) is 12.8. The molecule has 1 aromatic heterocycles. The van der Waals surface area contributed by atoms with Crippen molar-refractivity contribution in [2.24, 2.45) is 10.2 Å². The predicted octanol–water partition coefficient (Wildman–Crippen LogP) is 4.47. The number of aromatic hydroxyl groups is 1. The largest absolute Gasteiger partial charge is 0.505 e. The van der Waals surface area contributed by atoms with E-state index < -0.39 is 85.0 Å². The van der Waals surface area contributed by atoms with Gasteiger partial charge >= 0.3 is 6.08 Å². The molecule has 222 valence electrons. The van der Waals surface area contributed by atoms with Gasteiger partial charge in [0.2, 0.25) is 5.95 Å².